The van der Waals surface area contributed by atoms with Crippen LogP contribution in [-0.2, 0) is 4.74 Å². The largest absolute Gasteiger partial charge is 0.376 e. The maximum atomic E-state index is 5.80. The maximum Gasteiger partial charge on any atom is 0.245 e. The molecule has 1 aliphatic carbocycles. The Labute approximate surface area is 110 Å². The first-order chi connectivity index (χ1) is 8.25. The molecule has 1 fully saturated rings. The second kappa shape index (κ2) is 6.33. The quantitative estimate of drug-likeness (QED) is 0.838. The van der Waals surface area contributed by atoms with E-state index in [2.05, 4.69) is 20.5 Å². The van der Waals surface area contributed by atoms with Crippen LogP contribution in [0.5, 0.6) is 0 Å². The Morgan fingerprint density at radius 3 is 2.76 bits per heavy atom. The van der Waals surface area contributed by atoms with E-state index in [0.717, 1.165) is 0 Å². The Morgan fingerprint density at radius 2 is 2.00 bits per heavy atom. The second-order valence-corrected chi connectivity index (χ2v) is 4.62. The molecule has 1 N–H and O–H groups in total. The van der Waals surface area contributed by atoms with Crippen LogP contribution in [-0.4, -0.2) is 34.4 Å². The van der Waals surface area contributed by atoms with Gasteiger partial charge in [-0.05, 0) is 24.4 Å². The van der Waals surface area contributed by atoms with E-state index >= 15 is 0 Å². The van der Waals surface area contributed by atoms with Crippen LogP contribution in [0, 0.1) is 0 Å². The molecule has 5 nitrogen and oxygen atoms in total. The van der Waals surface area contributed by atoms with E-state index in [1.165, 1.54) is 25.7 Å². The highest BCUT2D eigenvalue weighted by atomic mass is 35.5. The number of hydrogen-bond donors (Lipinski definition) is 1. The third-order valence-electron chi connectivity index (χ3n) is 2.67. The summed E-state index contributed by atoms with van der Waals surface area (Å²) >= 11 is 11.4. The van der Waals surface area contributed by atoms with E-state index in [-0.39, 0.29) is 10.4 Å². The normalized spacial score (nSPS) is 16.4. The molecule has 1 aromatic heterocycles. The lowest BCUT2D eigenvalue weighted by Crippen LogP contribution is -2.16. The summed E-state index contributed by atoms with van der Waals surface area (Å²) in [5.41, 5.74) is 0. The Bertz CT molecular complexity index is 371. The fourth-order valence-electron chi connectivity index (χ4n) is 1.86. The highest BCUT2D eigenvalue weighted by molar-refractivity contribution is 6.32. The molecular weight excluding hydrogens is 263 g/mol. The smallest absolute Gasteiger partial charge is 0.245 e. The van der Waals surface area contributed by atoms with Crippen LogP contribution in [0.3, 0.4) is 0 Å². The predicted octanol–water partition coefficient (Wildman–Crippen LogP) is 2.55. The first kappa shape index (κ1) is 12.8. The second-order valence-electron chi connectivity index (χ2n) is 3.92. The molecule has 1 aliphatic rings. The van der Waals surface area contributed by atoms with Gasteiger partial charge in [-0.1, -0.05) is 24.4 Å². The lowest BCUT2D eigenvalue weighted by Gasteiger charge is -2.11. The summed E-state index contributed by atoms with van der Waals surface area (Å²) in [6, 6.07) is 0. The summed E-state index contributed by atoms with van der Waals surface area (Å²) in [5.74, 6) is 0.446. The Balaban J connectivity index is 1.72. The van der Waals surface area contributed by atoms with Gasteiger partial charge in [0.15, 0.2) is 11.0 Å². The van der Waals surface area contributed by atoms with Gasteiger partial charge in [-0.2, -0.15) is 4.98 Å². The third kappa shape index (κ3) is 3.94. The van der Waals surface area contributed by atoms with Crippen molar-refractivity contribution in [2.24, 2.45) is 0 Å². The van der Waals surface area contributed by atoms with Crippen LogP contribution >= 0.6 is 23.2 Å². The Hall–Kier alpha value is -0.650. The van der Waals surface area contributed by atoms with Crippen molar-refractivity contribution < 1.29 is 4.74 Å². The van der Waals surface area contributed by atoms with Crippen molar-refractivity contribution in [3.8, 4) is 0 Å². The lowest BCUT2D eigenvalue weighted by atomic mass is 10.3. The summed E-state index contributed by atoms with van der Waals surface area (Å²) < 4.78 is 5.69. The molecule has 17 heavy (non-hydrogen) atoms. The molecule has 1 heterocycles. The van der Waals surface area contributed by atoms with Gasteiger partial charge in [-0.25, -0.2) is 0 Å². The molecule has 2 rings (SSSR count). The number of halogens is 2. The fraction of sp³-hybridized carbons (Fsp3) is 0.700. The fourth-order valence-corrected chi connectivity index (χ4v) is 2.12. The van der Waals surface area contributed by atoms with E-state index in [1.807, 2.05) is 0 Å². The van der Waals surface area contributed by atoms with Crippen LogP contribution in [0.4, 0.5) is 5.82 Å². The molecule has 0 aromatic carbocycles. The molecule has 94 valence electrons. The van der Waals surface area contributed by atoms with Crippen molar-refractivity contribution in [2.45, 2.75) is 31.8 Å². The molecule has 0 spiro atoms. The van der Waals surface area contributed by atoms with Crippen LogP contribution in [0.25, 0.3) is 0 Å². The van der Waals surface area contributed by atoms with Crippen molar-refractivity contribution in [2.75, 3.05) is 18.5 Å². The van der Waals surface area contributed by atoms with Crippen LogP contribution < -0.4 is 5.32 Å². The minimum absolute atomic E-state index is 0.0774. The van der Waals surface area contributed by atoms with Crippen molar-refractivity contribution >= 4 is 29.0 Å². The minimum Gasteiger partial charge on any atom is -0.376 e. The van der Waals surface area contributed by atoms with Crippen LogP contribution in [0.1, 0.15) is 25.7 Å². The standard InChI is InChI=1S/C10H14Cl2N4O/c11-8-9(14-10(12)16-15-8)13-5-6-17-7-3-1-2-4-7/h7H,1-6H2,(H,13,14,16). The molecule has 0 aliphatic heterocycles. The topological polar surface area (TPSA) is 59.9 Å². The van der Waals surface area contributed by atoms with Crippen molar-refractivity contribution in [3.05, 3.63) is 10.4 Å². The first-order valence-electron chi connectivity index (χ1n) is 5.67. The number of anilines is 1. The molecule has 1 saturated carbocycles. The number of nitrogens with zero attached hydrogens (tertiary/aromatic N) is 3. The third-order valence-corrected chi connectivity index (χ3v) is 3.08. The molecule has 1 aromatic rings. The average Bonchev–Trinajstić information content (AvgIpc) is 2.82. The van der Waals surface area contributed by atoms with E-state index in [4.69, 9.17) is 27.9 Å². The van der Waals surface area contributed by atoms with Gasteiger partial charge in [0.2, 0.25) is 5.28 Å². The van der Waals surface area contributed by atoms with Gasteiger partial charge < -0.3 is 10.1 Å². The van der Waals surface area contributed by atoms with Crippen molar-refractivity contribution in [3.63, 3.8) is 0 Å². The van der Waals surface area contributed by atoms with Gasteiger partial charge in [0.1, 0.15) is 0 Å². The SMILES string of the molecule is Clc1nnc(Cl)c(NCCOC2CCCC2)n1. The lowest BCUT2D eigenvalue weighted by molar-refractivity contribution is 0.0658. The molecule has 7 heteroatoms. The highest BCUT2D eigenvalue weighted by Gasteiger charge is 2.14. The van der Waals surface area contributed by atoms with Gasteiger partial charge >= 0.3 is 0 Å². The van der Waals surface area contributed by atoms with Crippen molar-refractivity contribution in [1.82, 2.24) is 15.2 Å². The number of hydrogen-bond acceptors (Lipinski definition) is 5. The minimum atomic E-state index is 0.0774. The van der Waals surface area contributed by atoms with Crippen LogP contribution in [0.15, 0.2) is 0 Å². The maximum absolute atomic E-state index is 5.80. The number of ether oxygens (including phenoxy) is 1. The number of nitrogens with one attached hydrogen (secondary N) is 1. The van der Waals surface area contributed by atoms with E-state index in [1.54, 1.807) is 0 Å². The number of rotatable bonds is 5. The summed E-state index contributed by atoms with van der Waals surface area (Å²) in [6.45, 7) is 1.26. The van der Waals surface area contributed by atoms with Gasteiger partial charge in [0.05, 0.1) is 12.7 Å². The first-order valence-corrected chi connectivity index (χ1v) is 6.42. The molecule has 0 amide bonds. The zero-order valence-corrected chi connectivity index (χ0v) is 10.8. The highest BCUT2D eigenvalue weighted by Crippen LogP contribution is 2.21. The average molecular weight is 277 g/mol. The summed E-state index contributed by atoms with van der Waals surface area (Å²) in [7, 11) is 0. The van der Waals surface area contributed by atoms with Gasteiger partial charge in [-0.3, -0.25) is 0 Å². The van der Waals surface area contributed by atoms with Gasteiger partial charge in [-0.15, -0.1) is 10.2 Å². The zero-order chi connectivity index (χ0) is 12.1. The van der Waals surface area contributed by atoms with E-state index < -0.39 is 0 Å². The Kier molecular flexibility index (Phi) is 4.76. The monoisotopic (exact) mass is 276 g/mol. The molecule has 0 bridgehead atoms. The van der Waals surface area contributed by atoms with Crippen molar-refractivity contribution in [1.29, 1.82) is 0 Å². The summed E-state index contributed by atoms with van der Waals surface area (Å²) in [6.07, 6.45) is 5.30. The molecule has 0 radical (unpaired) electrons. The van der Waals surface area contributed by atoms with Gasteiger partial charge in [0.25, 0.3) is 0 Å². The number of aromatic nitrogens is 3. The van der Waals surface area contributed by atoms with E-state index in [9.17, 15) is 0 Å². The van der Waals surface area contributed by atoms with Gasteiger partial charge in [0, 0.05) is 6.54 Å². The summed E-state index contributed by atoms with van der Waals surface area (Å²) in [4.78, 5) is 3.94. The molecule has 0 saturated heterocycles. The van der Waals surface area contributed by atoms with Crippen LogP contribution in [0.2, 0.25) is 10.4 Å². The summed E-state index contributed by atoms with van der Waals surface area (Å²) in [5, 5.41) is 10.5. The molecule has 0 unspecified atom stereocenters. The molecular formula is C10H14Cl2N4O. The Morgan fingerprint density at radius 1 is 1.24 bits per heavy atom. The molecule has 0 atom stereocenters. The zero-order valence-electron chi connectivity index (χ0n) is 9.33. The van der Waals surface area contributed by atoms with E-state index in [0.29, 0.717) is 25.1 Å². The predicted molar refractivity (Wildman–Crippen MR) is 66.5 cm³/mol.